The second kappa shape index (κ2) is 6.37. The fraction of sp³-hybridized carbons (Fsp3) is 0.300. The number of carboxylic acid groups (broad SMARTS) is 1. The second-order valence-corrected chi connectivity index (χ2v) is 3.08. The summed E-state index contributed by atoms with van der Waals surface area (Å²) in [6, 6.07) is 5.74. The Kier molecular flexibility index (Phi) is 5.89. The van der Waals surface area contributed by atoms with Gasteiger partial charge in [-0.15, -0.1) is 12.4 Å². The number of benzene rings is 1. The van der Waals surface area contributed by atoms with Crippen LogP contribution in [0.4, 0.5) is 4.39 Å². The molecule has 1 unspecified atom stereocenters. The van der Waals surface area contributed by atoms with Crippen LogP contribution in [-0.4, -0.2) is 17.6 Å². The minimum absolute atomic E-state index is 0. The lowest BCUT2D eigenvalue weighted by Gasteiger charge is -2.12. The van der Waals surface area contributed by atoms with Gasteiger partial charge in [-0.2, -0.15) is 0 Å². The molecule has 3 N–H and O–H groups in total. The highest BCUT2D eigenvalue weighted by Gasteiger charge is 2.13. The molecular weight excluding hydrogens is 221 g/mol. The van der Waals surface area contributed by atoms with E-state index in [0.717, 1.165) is 5.56 Å². The van der Waals surface area contributed by atoms with Crippen molar-refractivity contribution >= 4 is 18.4 Å². The van der Waals surface area contributed by atoms with E-state index < -0.39 is 5.97 Å². The Balaban J connectivity index is 0.00000196. The minimum atomic E-state index is -0.898. The first-order valence-electron chi connectivity index (χ1n) is 4.31. The summed E-state index contributed by atoms with van der Waals surface area (Å²) < 4.78 is 12.6. The zero-order valence-corrected chi connectivity index (χ0v) is 8.84. The quantitative estimate of drug-likeness (QED) is 0.833. The van der Waals surface area contributed by atoms with Crippen molar-refractivity contribution in [1.82, 2.24) is 0 Å². The maximum atomic E-state index is 12.6. The topological polar surface area (TPSA) is 63.3 Å². The molecule has 0 aliphatic carbocycles. The molecule has 0 aromatic heterocycles. The Labute approximate surface area is 93.5 Å². The molecule has 3 nitrogen and oxygen atoms in total. The van der Waals surface area contributed by atoms with Gasteiger partial charge in [0, 0.05) is 5.92 Å². The van der Waals surface area contributed by atoms with Gasteiger partial charge in [0.25, 0.3) is 0 Å². The van der Waals surface area contributed by atoms with E-state index in [2.05, 4.69) is 0 Å². The zero-order valence-electron chi connectivity index (χ0n) is 8.02. The van der Waals surface area contributed by atoms with E-state index in [1.54, 1.807) is 12.1 Å². The molecule has 0 bridgehead atoms. The van der Waals surface area contributed by atoms with Crippen LogP contribution in [0.25, 0.3) is 0 Å². The first kappa shape index (κ1) is 13.9. The van der Waals surface area contributed by atoms with Gasteiger partial charge in [-0.25, -0.2) is 4.39 Å². The Morgan fingerprint density at radius 1 is 1.40 bits per heavy atom. The van der Waals surface area contributed by atoms with Crippen LogP contribution in [-0.2, 0) is 4.79 Å². The van der Waals surface area contributed by atoms with Crippen molar-refractivity contribution in [2.24, 2.45) is 5.73 Å². The Hall–Kier alpha value is -1.13. The van der Waals surface area contributed by atoms with E-state index in [1.165, 1.54) is 12.1 Å². The highest BCUT2D eigenvalue weighted by atomic mass is 35.5. The average Bonchev–Trinajstić information content (AvgIpc) is 2.15. The molecule has 0 fully saturated rings. The van der Waals surface area contributed by atoms with Crippen LogP contribution in [0.15, 0.2) is 24.3 Å². The maximum Gasteiger partial charge on any atom is 0.304 e. The second-order valence-electron chi connectivity index (χ2n) is 3.08. The highest BCUT2D eigenvalue weighted by Crippen LogP contribution is 2.18. The summed E-state index contributed by atoms with van der Waals surface area (Å²) in [4.78, 5) is 10.5. The van der Waals surface area contributed by atoms with Gasteiger partial charge < -0.3 is 10.8 Å². The van der Waals surface area contributed by atoms with E-state index in [0.29, 0.717) is 0 Å². The number of nitrogens with two attached hydrogens (primary N) is 1. The van der Waals surface area contributed by atoms with Gasteiger partial charge in [-0.05, 0) is 24.2 Å². The normalized spacial score (nSPS) is 11.6. The zero-order chi connectivity index (χ0) is 10.6. The van der Waals surface area contributed by atoms with Crippen LogP contribution in [0, 0.1) is 5.82 Å². The van der Waals surface area contributed by atoms with Crippen LogP contribution in [0.1, 0.15) is 17.9 Å². The van der Waals surface area contributed by atoms with Crippen molar-refractivity contribution < 1.29 is 14.3 Å². The highest BCUT2D eigenvalue weighted by molar-refractivity contribution is 5.85. The molecule has 1 rings (SSSR count). The summed E-state index contributed by atoms with van der Waals surface area (Å²) in [5.41, 5.74) is 6.19. The summed E-state index contributed by atoms with van der Waals surface area (Å²) in [6.07, 6.45) is -0.0257. The van der Waals surface area contributed by atoms with E-state index in [4.69, 9.17) is 10.8 Å². The number of hydrogen-bond acceptors (Lipinski definition) is 2. The fourth-order valence-electron chi connectivity index (χ4n) is 1.28. The standard InChI is InChI=1S/C10H12FNO2.ClH/c11-9-3-1-7(2-4-9)8(6-12)5-10(13)14;/h1-4,8H,5-6,12H2,(H,13,14);1H. The summed E-state index contributed by atoms with van der Waals surface area (Å²) in [7, 11) is 0. The van der Waals surface area contributed by atoms with Gasteiger partial charge in [0.2, 0.25) is 0 Å². The molecule has 5 heteroatoms. The number of aliphatic carboxylic acids is 1. The van der Waals surface area contributed by atoms with Gasteiger partial charge in [0.05, 0.1) is 6.42 Å². The van der Waals surface area contributed by atoms with Crippen LogP contribution < -0.4 is 5.73 Å². The Morgan fingerprint density at radius 2 is 1.93 bits per heavy atom. The largest absolute Gasteiger partial charge is 0.481 e. The fourth-order valence-corrected chi connectivity index (χ4v) is 1.28. The predicted molar refractivity (Wildman–Crippen MR) is 57.7 cm³/mol. The van der Waals surface area contributed by atoms with Gasteiger partial charge in [-0.1, -0.05) is 12.1 Å². The van der Waals surface area contributed by atoms with Gasteiger partial charge >= 0.3 is 5.97 Å². The lowest BCUT2D eigenvalue weighted by molar-refractivity contribution is -0.137. The number of carbonyl (C=O) groups is 1. The summed E-state index contributed by atoms with van der Waals surface area (Å²) in [6.45, 7) is 0.248. The van der Waals surface area contributed by atoms with Crippen LogP contribution >= 0.6 is 12.4 Å². The Bertz CT molecular complexity index is 316. The molecule has 84 valence electrons. The lowest BCUT2D eigenvalue weighted by atomic mass is 9.96. The molecule has 0 saturated carbocycles. The van der Waals surface area contributed by atoms with Crippen molar-refractivity contribution in [2.45, 2.75) is 12.3 Å². The summed E-state index contributed by atoms with van der Waals surface area (Å²) >= 11 is 0. The van der Waals surface area contributed by atoms with Crippen molar-refractivity contribution in [3.8, 4) is 0 Å². The van der Waals surface area contributed by atoms with Crippen molar-refractivity contribution in [2.75, 3.05) is 6.54 Å². The Morgan fingerprint density at radius 3 is 2.33 bits per heavy atom. The SMILES string of the molecule is Cl.NCC(CC(=O)O)c1ccc(F)cc1. The number of halogens is 2. The van der Waals surface area contributed by atoms with Crippen LogP contribution in [0.2, 0.25) is 0 Å². The van der Waals surface area contributed by atoms with Crippen molar-refractivity contribution in [1.29, 1.82) is 0 Å². The van der Waals surface area contributed by atoms with E-state index in [1.807, 2.05) is 0 Å². The van der Waals surface area contributed by atoms with Gasteiger partial charge in [-0.3, -0.25) is 4.79 Å². The first-order valence-corrected chi connectivity index (χ1v) is 4.31. The minimum Gasteiger partial charge on any atom is -0.481 e. The average molecular weight is 234 g/mol. The molecule has 1 atom stereocenters. The predicted octanol–water partition coefficient (Wildman–Crippen LogP) is 1.76. The molecule has 0 spiro atoms. The third-order valence-electron chi connectivity index (χ3n) is 2.05. The van der Waals surface area contributed by atoms with E-state index in [9.17, 15) is 9.18 Å². The third-order valence-corrected chi connectivity index (χ3v) is 2.05. The maximum absolute atomic E-state index is 12.6. The number of hydrogen-bond donors (Lipinski definition) is 2. The summed E-state index contributed by atoms with van der Waals surface area (Å²) in [5.74, 6) is -1.47. The monoisotopic (exact) mass is 233 g/mol. The van der Waals surface area contributed by atoms with E-state index in [-0.39, 0.29) is 37.1 Å². The number of rotatable bonds is 4. The van der Waals surface area contributed by atoms with E-state index >= 15 is 0 Å². The van der Waals surface area contributed by atoms with Crippen LogP contribution in [0.3, 0.4) is 0 Å². The van der Waals surface area contributed by atoms with Gasteiger partial charge in [0.15, 0.2) is 0 Å². The lowest BCUT2D eigenvalue weighted by Crippen LogP contribution is -2.16. The molecule has 0 heterocycles. The molecule has 15 heavy (non-hydrogen) atoms. The molecule has 0 aliphatic rings. The molecule has 1 aromatic rings. The van der Waals surface area contributed by atoms with Crippen molar-refractivity contribution in [3.05, 3.63) is 35.6 Å². The smallest absolute Gasteiger partial charge is 0.304 e. The first-order chi connectivity index (χ1) is 6.63. The third kappa shape index (κ3) is 4.27. The molecule has 0 amide bonds. The summed E-state index contributed by atoms with van der Waals surface area (Å²) in [5, 5.41) is 8.60. The molecule has 1 aromatic carbocycles. The van der Waals surface area contributed by atoms with Gasteiger partial charge in [0.1, 0.15) is 5.82 Å². The number of carboxylic acids is 1. The van der Waals surface area contributed by atoms with Crippen molar-refractivity contribution in [3.63, 3.8) is 0 Å². The molecule has 0 aliphatic heterocycles. The molecular formula is C10H13ClFNO2. The molecule has 0 radical (unpaired) electrons. The molecule has 0 saturated heterocycles. The van der Waals surface area contributed by atoms with Crippen LogP contribution in [0.5, 0.6) is 0 Å².